The van der Waals surface area contributed by atoms with E-state index in [0.717, 1.165) is 0 Å². The van der Waals surface area contributed by atoms with Gasteiger partial charge in [0.05, 0.1) is 23.2 Å². The molecule has 0 bridgehead atoms. The van der Waals surface area contributed by atoms with Gasteiger partial charge in [-0.25, -0.2) is 0 Å². The van der Waals surface area contributed by atoms with E-state index in [1.165, 1.54) is 0 Å². The summed E-state index contributed by atoms with van der Waals surface area (Å²) in [6.45, 7) is 2.86. The highest BCUT2D eigenvalue weighted by atomic mass is 35.5. The quantitative estimate of drug-likeness (QED) is 0.901. The number of aromatic nitrogens is 2. The minimum Gasteiger partial charge on any atom is -0.351 e. The lowest BCUT2D eigenvalue weighted by molar-refractivity contribution is -0.126. The molecular formula is C17H19ClN4O2. The Morgan fingerprint density at radius 1 is 1.42 bits per heavy atom. The average molecular weight is 347 g/mol. The van der Waals surface area contributed by atoms with Gasteiger partial charge in [-0.1, -0.05) is 23.7 Å². The molecule has 1 N–H and O–H groups in total. The Bertz CT molecular complexity index is 732. The van der Waals surface area contributed by atoms with E-state index < -0.39 is 0 Å². The van der Waals surface area contributed by atoms with E-state index in [1.54, 1.807) is 27.9 Å². The van der Waals surface area contributed by atoms with Gasteiger partial charge in [-0.05, 0) is 25.1 Å². The van der Waals surface area contributed by atoms with Gasteiger partial charge in [-0.15, -0.1) is 0 Å². The smallest absolute Gasteiger partial charge is 0.227 e. The van der Waals surface area contributed by atoms with Gasteiger partial charge in [-0.3, -0.25) is 14.3 Å². The Morgan fingerprint density at radius 2 is 2.21 bits per heavy atom. The van der Waals surface area contributed by atoms with Gasteiger partial charge in [0, 0.05) is 31.4 Å². The normalized spacial score (nSPS) is 18.7. The average Bonchev–Trinajstić information content (AvgIpc) is 3.17. The van der Waals surface area contributed by atoms with E-state index in [2.05, 4.69) is 10.4 Å². The minimum absolute atomic E-state index is 0.0677. The Morgan fingerprint density at radius 3 is 2.92 bits per heavy atom. The van der Waals surface area contributed by atoms with Crippen molar-refractivity contribution in [3.63, 3.8) is 0 Å². The van der Waals surface area contributed by atoms with Crippen molar-refractivity contribution in [3.05, 3.63) is 47.7 Å². The van der Waals surface area contributed by atoms with Crippen molar-refractivity contribution in [2.45, 2.75) is 25.9 Å². The van der Waals surface area contributed by atoms with Crippen LogP contribution in [0, 0.1) is 5.92 Å². The zero-order valence-corrected chi connectivity index (χ0v) is 14.1. The fraction of sp³-hybridized carbons (Fsp3) is 0.353. The molecule has 1 aliphatic heterocycles. The third-order valence-corrected chi connectivity index (χ3v) is 4.37. The molecule has 0 spiro atoms. The van der Waals surface area contributed by atoms with Gasteiger partial charge in [0.2, 0.25) is 11.8 Å². The third-order valence-electron chi connectivity index (χ3n) is 4.05. The standard InChI is InChI=1S/C17H19ClN4O2/c1-12(10-21-8-4-7-19-21)20-17(24)13-9-16(23)22(11-13)15-6-3-2-5-14(15)18/h2-8,12-13H,9-11H2,1H3,(H,20,24). The van der Waals surface area contributed by atoms with Gasteiger partial charge in [0.25, 0.3) is 0 Å². The van der Waals surface area contributed by atoms with Crippen molar-refractivity contribution in [2.24, 2.45) is 5.92 Å². The maximum Gasteiger partial charge on any atom is 0.227 e. The molecule has 24 heavy (non-hydrogen) atoms. The van der Waals surface area contributed by atoms with Crippen LogP contribution in [0.4, 0.5) is 5.69 Å². The largest absolute Gasteiger partial charge is 0.351 e. The second kappa shape index (κ2) is 7.05. The Hall–Kier alpha value is -2.34. The number of nitrogens with zero attached hydrogens (tertiary/aromatic N) is 3. The van der Waals surface area contributed by atoms with E-state index in [4.69, 9.17) is 11.6 Å². The summed E-state index contributed by atoms with van der Waals surface area (Å²) in [5, 5.41) is 7.59. The number of halogens is 1. The summed E-state index contributed by atoms with van der Waals surface area (Å²) >= 11 is 6.16. The monoisotopic (exact) mass is 346 g/mol. The van der Waals surface area contributed by atoms with Crippen LogP contribution in [-0.4, -0.2) is 34.2 Å². The zero-order chi connectivity index (χ0) is 17.1. The summed E-state index contributed by atoms with van der Waals surface area (Å²) < 4.78 is 1.76. The van der Waals surface area contributed by atoms with Crippen LogP contribution in [0.3, 0.4) is 0 Å². The number of carbonyl (C=O) groups excluding carboxylic acids is 2. The van der Waals surface area contributed by atoms with Crippen LogP contribution in [0.25, 0.3) is 0 Å². The molecule has 3 rings (SSSR count). The Balaban J connectivity index is 1.61. The topological polar surface area (TPSA) is 67.2 Å². The molecule has 2 amide bonds. The predicted octanol–water partition coefficient (Wildman–Crippen LogP) is 2.09. The fourth-order valence-electron chi connectivity index (χ4n) is 2.88. The molecule has 7 heteroatoms. The highest BCUT2D eigenvalue weighted by Crippen LogP contribution is 2.31. The lowest BCUT2D eigenvalue weighted by atomic mass is 10.1. The number of nitrogens with one attached hydrogen (secondary N) is 1. The number of rotatable bonds is 5. The molecule has 126 valence electrons. The Labute approximate surface area is 145 Å². The van der Waals surface area contributed by atoms with Crippen LogP contribution in [0.5, 0.6) is 0 Å². The van der Waals surface area contributed by atoms with Gasteiger partial charge in [-0.2, -0.15) is 5.10 Å². The lowest BCUT2D eigenvalue weighted by Gasteiger charge is -2.19. The maximum absolute atomic E-state index is 12.4. The molecule has 0 saturated carbocycles. The van der Waals surface area contributed by atoms with Crippen LogP contribution >= 0.6 is 11.6 Å². The molecule has 6 nitrogen and oxygen atoms in total. The van der Waals surface area contributed by atoms with Crippen molar-refractivity contribution in [1.29, 1.82) is 0 Å². The molecule has 1 fully saturated rings. The van der Waals surface area contributed by atoms with Crippen molar-refractivity contribution in [1.82, 2.24) is 15.1 Å². The highest BCUT2D eigenvalue weighted by molar-refractivity contribution is 6.33. The van der Waals surface area contributed by atoms with E-state index in [0.29, 0.717) is 23.8 Å². The molecular weight excluding hydrogens is 328 g/mol. The Kier molecular flexibility index (Phi) is 4.85. The summed E-state index contributed by atoms with van der Waals surface area (Å²) in [6, 6.07) is 8.94. The van der Waals surface area contributed by atoms with Crippen LogP contribution < -0.4 is 10.2 Å². The number of para-hydroxylation sites is 1. The molecule has 2 unspecified atom stereocenters. The first-order chi connectivity index (χ1) is 11.5. The fourth-order valence-corrected chi connectivity index (χ4v) is 3.12. The first-order valence-electron chi connectivity index (χ1n) is 7.87. The first kappa shape index (κ1) is 16.5. The van der Waals surface area contributed by atoms with Crippen LogP contribution in [-0.2, 0) is 16.1 Å². The van der Waals surface area contributed by atoms with Crippen molar-refractivity contribution in [3.8, 4) is 0 Å². The van der Waals surface area contributed by atoms with Crippen LogP contribution in [0.1, 0.15) is 13.3 Å². The van der Waals surface area contributed by atoms with Gasteiger partial charge < -0.3 is 10.2 Å². The third kappa shape index (κ3) is 3.59. The number of amides is 2. The number of anilines is 1. The summed E-state index contributed by atoms with van der Waals surface area (Å²) in [7, 11) is 0. The molecule has 2 heterocycles. The first-order valence-corrected chi connectivity index (χ1v) is 8.25. The number of hydrogen-bond donors (Lipinski definition) is 1. The maximum atomic E-state index is 12.4. The molecule has 1 saturated heterocycles. The second-order valence-corrected chi connectivity index (χ2v) is 6.40. The zero-order valence-electron chi connectivity index (χ0n) is 13.4. The van der Waals surface area contributed by atoms with Gasteiger partial charge >= 0.3 is 0 Å². The molecule has 1 aromatic carbocycles. The van der Waals surface area contributed by atoms with E-state index in [9.17, 15) is 9.59 Å². The van der Waals surface area contributed by atoms with Gasteiger partial charge in [0.15, 0.2) is 0 Å². The molecule has 0 radical (unpaired) electrons. The number of carbonyl (C=O) groups is 2. The predicted molar refractivity (Wildman–Crippen MR) is 91.7 cm³/mol. The SMILES string of the molecule is CC(Cn1cccn1)NC(=O)C1CC(=O)N(c2ccccc2Cl)C1. The summed E-state index contributed by atoms with van der Waals surface area (Å²) in [4.78, 5) is 26.3. The number of benzene rings is 1. The minimum atomic E-state index is -0.367. The van der Waals surface area contributed by atoms with Crippen molar-refractivity contribution < 1.29 is 9.59 Å². The van der Waals surface area contributed by atoms with E-state index in [1.807, 2.05) is 31.3 Å². The summed E-state index contributed by atoms with van der Waals surface area (Å²) in [6.07, 6.45) is 3.75. The van der Waals surface area contributed by atoms with E-state index in [-0.39, 0.29) is 30.2 Å². The summed E-state index contributed by atoms with van der Waals surface area (Å²) in [5.74, 6) is -0.561. The van der Waals surface area contributed by atoms with E-state index >= 15 is 0 Å². The van der Waals surface area contributed by atoms with Crippen LogP contribution in [0.15, 0.2) is 42.7 Å². The molecule has 0 aliphatic carbocycles. The molecule has 2 atom stereocenters. The van der Waals surface area contributed by atoms with Gasteiger partial charge in [0.1, 0.15) is 0 Å². The molecule has 2 aromatic rings. The van der Waals surface area contributed by atoms with Crippen molar-refractivity contribution >= 4 is 29.1 Å². The lowest BCUT2D eigenvalue weighted by Crippen LogP contribution is -2.40. The van der Waals surface area contributed by atoms with Crippen molar-refractivity contribution in [2.75, 3.05) is 11.4 Å². The highest BCUT2D eigenvalue weighted by Gasteiger charge is 2.36. The number of hydrogen-bond acceptors (Lipinski definition) is 3. The summed E-state index contributed by atoms with van der Waals surface area (Å²) in [5.41, 5.74) is 0.657. The second-order valence-electron chi connectivity index (χ2n) is 5.99. The molecule has 1 aliphatic rings. The molecule has 1 aromatic heterocycles. The van der Waals surface area contributed by atoms with Crippen LogP contribution in [0.2, 0.25) is 5.02 Å².